The van der Waals surface area contributed by atoms with Gasteiger partial charge in [-0.2, -0.15) is 0 Å². The molecule has 0 spiro atoms. The van der Waals surface area contributed by atoms with Gasteiger partial charge in [-0.15, -0.1) is 11.8 Å². The Kier molecular flexibility index (Phi) is 18.2. The van der Waals surface area contributed by atoms with Gasteiger partial charge < -0.3 is 10.1 Å². The fraction of sp³-hybridized carbons (Fsp3) is 0.850. The van der Waals surface area contributed by atoms with Gasteiger partial charge in [-0.25, -0.2) is 0 Å². The Balaban J connectivity index is 3.09. The molecular formula is C20H37NO2. The minimum Gasteiger partial charge on any atom is -0.465 e. The Morgan fingerprint density at radius 3 is 2.13 bits per heavy atom. The molecule has 0 atom stereocenters. The Hall–Kier alpha value is -1.01. The Morgan fingerprint density at radius 1 is 0.913 bits per heavy atom. The Labute approximate surface area is 143 Å². The molecule has 0 amide bonds. The third-order valence-electron chi connectivity index (χ3n) is 3.86. The molecule has 0 aromatic rings. The zero-order valence-electron chi connectivity index (χ0n) is 15.4. The molecule has 0 bridgehead atoms. The molecule has 0 fully saturated rings. The van der Waals surface area contributed by atoms with E-state index in [1.165, 1.54) is 51.4 Å². The van der Waals surface area contributed by atoms with Gasteiger partial charge in [0.05, 0.1) is 13.2 Å². The molecule has 0 aromatic heterocycles. The number of carbonyl (C=O) groups is 1. The molecule has 0 saturated carbocycles. The van der Waals surface area contributed by atoms with Crippen molar-refractivity contribution in [2.45, 2.75) is 90.9 Å². The average molecular weight is 324 g/mol. The molecular weight excluding hydrogens is 286 g/mol. The number of hydrogen-bond acceptors (Lipinski definition) is 3. The van der Waals surface area contributed by atoms with E-state index in [2.05, 4.69) is 24.1 Å². The number of esters is 1. The van der Waals surface area contributed by atoms with Crippen LogP contribution in [0.3, 0.4) is 0 Å². The lowest BCUT2D eigenvalue weighted by Crippen LogP contribution is -2.25. The highest BCUT2D eigenvalue weighted by Gasteiger charge is 2.00. The van der Waals surface area contributed by atoms with E-state index < -0.39 is 0 Å². The van der Waals surface area contributed by atoms with Crippen molar-refractivity contribution < 1.29 is 9.53 Å². The van der Waals surface area contributed by atoms with E-state index in [-0.39, 0.29) is 5.97 Å². The number of nitrogens with one attached hydrogen (secondary N) is 1. The zero-order valence-corrected chi connectivity index (χ0v) is 15.4. The SMILES string of the molecule is CC#CCCCCCCCCCCCNCC(=O)OCCCC. The molecule has 0 aliphatic rings. The first kappa shape index (κ1) is 22.0. The Bertz CT molecular complexity index is 317. The van der Waals surface area contributed by atoms with Crippen LogP contribution in [-0.2, 0) is 9.53 Å². The van der Waals surface area contributed by atoms with Gasteiger partial charge in [-0.1, -0.05) is 58.3 Å². The van der Waals surface area contributed by atoms with Crippen molar-refractivity contribution >= 4 is 5.97 Å². The predicted octanol–water partition coefficient (Wildman–Crippen LogP) is 4.84. The maximum absolute atomic E-state index is 11.3. The second-order valence-corrected chi connectivity index (χ2v) is 6.11. The summed E-state index contributed by atoms with van der Waals surface area (Å²) in [6, 6.07) is 0. The van der Waals surface area contributed by atoms with Gasteiger partial charge in [0.15, 0.2) is 0 Å². The molecule has 0 saturated heterocycles. The van der Waals surface area contributed by atoms with Crippen molar-refractivity contribution in [1.29, 1.82) is 0 Å². The van der Waals surface area contributed by atoms with Gasteiger partial charge in [0.1, 0.15) is 0 Å². The fourth-order valence-electron chi connectivity index (χ4n) is 2.40. The van der Waals surface area contributed by atoms with Crippen LogP contribution in [0.1, 0.15) is 90.9 Å². The molecule has 0 rings (SSSR count). The molecule has 0 radical (unpaired) electrons. The van der Waals surface area contributed by atoms with Crippen LogP contribution in [0, 0.1) is 11.8 Å². The summed E-state index contributed by atoms with van der Waals surface area (Å²) >= 11 is 0. The van der Waals surface area contributed by atoms with Crippen LogP contribution in [0.15, 0.2) is 0 Å². The molecule has 0 aliphatic heterocycles. The van der Waals surface area contributed by atoms with E-state index in [0.29, 0.717) is 13.2 Å². The van der Waals surface area contributed by atoms with Gasteiger partial charge in [0.2, 0.25) is 0 Å². The lowest BCUT2D eigenvalue weighted by Gasteiger charge is -2.06. The molecule has 3 heteroatoms. The van der Waals surface area contributed by atoms with Gasteiger partial charge in [0, 0.05) is 6.42 Å². The standard InChI is InChI=1S/C20H37NO2/c1-3-5-7-8-9-10-11-12-13-14-15-16-17-21-19-20(22)23-18-6-4-2/h21H,4,6-19H2,1-2H3. The highest BCUT2D eigenvalue weighted by Crippen LogP contribution is 2.10. The van der Waals surface area contributed by atoms with E-state index in [1.807, 2.05) is 6.92 Å². The first-order valence-corrected chi connectivity index (χ1v) is 9.57. The third-order valence-corrected chi connectivity index (χ3v) is 3.86. The smallest absolute Gasteiger partial charge is 0.319 e. The summed E-state index contributed by atoms with van der Waals surface area (Å²) in [5.74, 6) is 5.94. The van der Waals surface area contributed by atoms with Crippen molar-refractivity contribution in [1.82, 2.24) is 5.32 Å². The average Bonchev–Trinajstić information content (AvgIpc) is 2.55. The topological polar surface area (TPSA) is 38.3 Å². The van der Waals surface area contributed by atoms with Gasteiger partial charge in [0.25, 0.3) is 0 Å². The van der Waals surface area contributed by atoms with E-state index in [9.17, 15) is 4.79 Å². The monoisotopic (exact) mass is 323 g/mol. The van der Waals surface area contributed by atoms with Crippen molar-refractivity contribution in [2.75, 3.05) is 19.7 Å². The minimum absolute atomic E-state index is 0.122. The fourth-order valence-corrected chi connectivity index (χ4v) is 2.40. The van der Waals surface area contributed by atoms with Crippen molar-refractivity contribution in [3.05, 3.63) is 0 Å². The third kappa shape index (κ3) is 18.9. The molecule has 0 aromatic carbocycles. The van der Waals surface area contributed by atoms with Crippen LogP contribution in [-0.4, -0.2) is 25.7 Å². The summed E-state index contributed by atoms with van der Waals surface area (Å²) in [5, 5.41) is 3.16. The maximum atomic E-state index is 11.3. The van der Waals surface area contributed by atoms with Crippen LogP contribution in [0.4, 0.5) is 0 Å². The van der Waals surface area contributed by atoms with Crippen molar-refractivity contribution in [2.24, 2.45) is 0 Å². The number of rotatable bonds is 16. The molecule has 1 N–H and O–H groups in total. The van der Waals surface area contributed by atoms with E-state index in [1.54, 1.807) is 0 Å². The minimum atomic E-state index is -0.122. The van der Waals surface area contributed by atoms with Crippen molar-refractivity contribution in [3.63, 3.8) is 0 Å². The van der Waals surface area contributed by atoms with Crippen molar-refractivity contribution in [3.8, 4) is 11.8 Å². The quantitative estimate of drug-likeness (QED) is 0.251. The van der Waals surface area contributed by atoms with Crippen LogP contribution in [0.25, 0.3) is 0 Å². The molecule has 0 aliphatic carbocycles. The summed E-state index contributed by atoms with van der Waals surface area (Å²) in [4.78, 5) is 11.3. The summed E-state index contributed by atoms with van der Waals surface area (Å²) in [5.41, 5.74) is 0. The number of hydrogen-bond donors (Lipinski definition) is 1. The number of unbranched alkanes of at least 4 members (excludes halogenated alkanes) is 10. The molecule has 3 nitrogen and oxygen atoms in total. The number of carbonyl (C=O) groups excluding carboxylic acids is 1. The van der Waals surface area contributed by atoms with E-state index in [4.69, 9.17) is 4.74 Å². The first-order valence-electron chi connectivity index (χ1n) is 9.57. The lowest BCUT2D eigenvalue weighted by molar-refractivity contribution is -0.142. The maximum Gasteiger partial charge on any atom is 0.319 e. The normalized spacial score (nSPS) is 10.2. The highest BCUT2D eigenvalue weighted by molar-refractivity contribution is 5.71. The highest BCUT2D eigenvalue weighted by atomic mass is 16.5. The van der Waals surface area contributed by atoms with Gasteiger partial charge >= 0.3 is 5.97 Å². The van der Waals surface area contributed by atoms with E-state index >= 15 is 0 Å². The van der Waals surface area contributed by atoms with Crippen LogP contribution in [0.2, 0.25) is 0 Å². The van der Waals surface area contributed by atoms with Crippen LogP contribution < -0.4 is 5.32 Å². The molecule has 23 heavy (non-hydrogen) atoms. The zero-order chi connectivity index (χ0) is 17.0. The summed E-state index contributed by atoms with van der Waals surface area (Å²) in [7, 11) is 0. The summed E-state index contributed by atoms with van der Waals surface area (Å²) in [6.07, 6.45) is 14.8. The summed E-state index contributed by atoms with van der Waals surface area (Å²) < 4.78 is 5.09. The molecule has 0 heterocycles. The second-order valence-electron chi connectivity index (χ2n) is 6.11. The predicted molar refractivity (Wildman–Crippen MR) is 98.4 cm³/mol. The van der Waals surface area contributed by atoms with Gasteiger partial charge in [-0.05, 0) is 32.7 Å². The largest absolute Gasteiger partial charge is 0.465 e. The molecule has 134 valence electrons. The Morgan fingerprint density at radius 2 is 1.52 bits per heavy atom. The number of ether oxygens (including phenoxy) is 1. The van der Waals surface area contributed by atoms with Crippen LogP contribution in [0.5, 0.6) is 0 Å². The molecule has 0 unspecified atom stereocenters. The summed E-state index contributed by atoms with van der Waals surface area (Å²) in [6.45, 7) is 5.83. The van der Waals surface area contributed by atoms with Gasteiger partial charge in [-0.3, -0.25) is 4.79 Å². The van der Waals surface area contributed by atoms with E-state index in [0.717, 1.165) is 32.2 Å². The van der Waals surface area contributed by atoms with Crippen LogP contribution >= 0.6 is 0 Å². The first-order chi connectivity index (χ1) is 11.3. The lowest BCUT2D eigenvalue weighted by atomic mass is 10.1. The second kappa shape index (κ2) is 19.0.